The molecule has 0 aromatic heterocycles. The number of hydrogen-bond acceptors (Lipinski definition) is 3. The number of benzene rings is 2. The molecular formula is C28H40N2O3S. The summed E-state index contributed by atoms with van der Waals surface area (Å²) in [5.41, 5.74) is 7.09. The monoisotopic (exact) mass is 484 g/mol. The highest BCUT2D eigenvalue weighted by atomic mass is 32.2. The molecule has 1 N–H and O–H groups in total. The van der Waals surface area contributed by atoms with Crippen LogP contribution in [-0.2, 0) is 14.8 Å². The molecule has 3 rings (SSSR count). The summed E-state index contributed by atoms with van der Waals surface area (Å²) in [5.74, 6) is -0.262. The molecule has 1 amide bonds. The molecule has 1 aliphatic rings. The van der Waals surface area contributed by atoms with Gasteiger partial charge in [-0.3, -0.25) is 4.79 Å². The summed E-state index contributed by atoms with van der Waals surface area (Å²) >= 11 is 0. The third kappa shape index (κ3) is 5.72. The van der Waals surface area contributed by atoms with Gasteiger partial charge in [-0.25, -0.2) is 8.42 Å². The standard InChI is InChI=1S/C28H40N2O3S/c1-18-13-22(5)28(23(6)14-18)34(32,33)30(25-11-9-8-10-12-25)17-27(31)29-24(7)26-16-20(3)19(2)15-21(26)4/h13-16,24-25H,8-12,17H2,1-7H3,(H,29,31)/t24-/m0/s1. The first-order valence-electron chi connectivity index (χ1n) is 12.4. The Balaban J connectivity index is 1.90. The van der Waals surface area contributed by atoms with E-state index >= 15 is 0 Å². The van der Waals surface area contributed by atoms with E-state index in [1.807, 2.05) is 46.8 Å². The number of aryl methyl sites for hydroxylation is 6. The predicted molar refractivity (Wildman–Crippen MR) is 139 cm³/mol. The number of carbonyl (C=O) groups is 1. The van der Waals surface area contributed by atoms with E-state index in [1.54, 1.807) is 0 Å². The SMILES string of the molecule is Cc1cc(C)c(S(=O)(=O)N(CC(=O)N[C@@H](C)c2cc(C)c(C)cc2C)C2CCCCC2)c(C)c1. The highest BCUT2D eigenvalue weighted by Gasteiger charge is 2.36. The second kappa shape index (κ2) is 10.6. The van der Waals surface area contributed by atoms with E-state index < -0.39 is 10.0 Å². The minimum absolute atomic E-state index is 0.150. The van der Waals surface area contributed by atoms with Crippen LogP contribution in [0.1, 0.15) is 84.0 Å². The van der Waals surface area contributed by atoms with Crippen LogP contribution in [0.15, 0.2) is 29.2 Å². The van der Waals surface area contributed by atoms with Gasteiger partial charge in [0.2, 0.25) is 15.9 Å². The van der Waals surface area contributed by atoms with Crippen molar-refractivity contribution in [2.45, 2.75) is 97.5 Å². The zero-order valence-corrected chi connectivity index (χ0v) is 22.6. The molecule has 34 heavy (non-hydrogen) atoms. The molecule has 2 aromatic rings. The van der Waals surface area contributed by atoms with Crippen molar-refractivity contribution >= 4 is 15.9 Å². The van der Waals surface area contributed by atoms with E-state index in [1.165, 1.54) is 15.4 Å². The summed E-state index contributed by atoms with van der Waals surface area (Å²) in [7, 11) is -3.82. The molecule has 186 valence electrons. The molecule has 5 nitrogen and oxygen atoms in total. The maximum absolute atomic E-state index is 14.0. The molecule has 0 unspecified atom stereocenters. The first kappa shape index (κ1) is 26.4. The fourth-order valence-corrected chi connectivity index (χ4v) is 7.48. The van der Waals surface area contributed by atoms with Crippen LogP contribution in [0.3, 0.4) is 0 Å². The van der Waals surface area contributed by atoms with Crippen molar-refractivity contribution in [1.29, 1.82) is 0 Å². The lowest BCUT2D eigenvalue weighted by Gasteiger charge is -2.34. The van der Waals surface area contributed by atoms with Crippen molar-refractivity contribution < 1.29 is 13.2 Å². The quantitative estimate of drug-likeness (QED) is 0.545. The molecule has 0 saturated heterocycles. The predicted octanol–water partition coefficient (Wildman–Crippen LogP) is 5.74. The van der Waals surface area contributed by atoms with Crippen LogP contribution in [-0.4, -0.2) is 31.2 Å². The summed E-state index contributed by atoms with van der Waals surface area (Å²) < 4.78 is 29.4. The molecule has 2 aromatic carbocycles. The largest absolute Gasteiger partial charge is 0.348 e. The van der Waals surface area contributed by atoms with Crippen molar-refractivity contribution in [3.8, 4) is 0 Å². The van der Waals surface area contributed by atoms with Gasteiger partial charge in [0, 0.05) is 6.04 Å². The molecule has 0 radical (unpaired) electrons. The molecule has 1 saturated carbocycles. The lowest BCUT2D eigenvalue weighted by molar-refractivity contribution is -0.122. The molecule has 1 aliphatic carbocycles. The van der Waals surface area contributed by atoms with Gasteiger partial charge in [-0.05, 0) is 94.7 Å². The second-order valence-electron chi connectivity index (χ2n) is 10.2. The van der Waals surface area contributed by atoms with Gasteiger partial charge in [-0.1, -0.05) is 49.1 Å². The molecule has 0 aliphatic heterocycles. The Morgan fingerprint density at radius 3 is 2.03 bits per heavy atom. The molecule has 0 spiro atoms. The minimum Gasteiger partial charge on any atom is -0.348 e. The Morgan fingerprint density at radius 1 is 0.882 bits per heavy atom. The van der Waals surface area contributed by atoms with Gasteiger partial charge >= 0.3 is 0 Å². The van der Waals surface area contributed by atoms with Gasteiger partial charge in [0.25, 0.3) is 0 Å². The number of sulfonamides is 1. The smallest absolute Gasteiger partial charge is 0.244 e. The number of nitrogens with zero attached hydrogens (tertiary/aromatic N) is 1. The molecule has 0 bridgehead atoms. The van der Waals surface area contributed by atoms with Crippen LogP contribution >= 0.6 is 0 Å². The van der Waals surface area contributed by atoms with E-state index in [9.17, 15) is 13.2 Å². The Bertz CT molecular complexity index is 1140. The summed E-state index contributed by atoms with van der Waals surface area (Å²) in [5, 5.41) is 3.07. The van der Waals surface area contributed by atoms with Gasteiger partial charge in [-0.2, -0.15) is 4.31 Å². The van der Waals surface area contributed by atoms with Crippen molar-refractivity contribution in [1.82, 2.24) is 9.62 Å². The topological polar surface area (TPSA) is 66.5 Å². The van der Waals surface area contributed by atoms with Gasteiger partial charge < -0.3 is 5.32 Å². The Hall–Kier alpha value is -2.18. The van der Waals surface area contributed by atoms with Gasteiger partial charge in [0.05, 0.1) is 17.5 Å². The molecule has 6 heteroatoms. The van der Waals surface area contributed by atoms with Crippen LogP contribution in [0.5, 0.6) is 0 Å². The zero-order chi connectivity index (χ0) is 25.2. The summed E-state index contributed by atoms with van der Waals surface area (Å²) in [6.07, 6.45) is 4.68. The van der Waals surface area contributed by atoms with E-state index in [0.717, 1.165) is 59.9 Å². The highest BCUT2D eigenvalue weighted by Crippen LogP contribution is 2.31. The van der Waals surface area contributed by atoms with Crippen LogP contribution in [0.25, 0.3) is 0 Å². The average Bonchev–Trinajstić information content (AvgIpc) is 2.74. The maximum Gasteiger partial charge on any atom is 0.244 e. The molecule has 1 fully saturated rings. The van der Waals surface area contributed by atoms with Gasteiger partial charge in [0.15, 0.2) is 0 Å². The molecule has 1 atom stereocenters. The highest BCUT2D eigenvalue weighted by molar-refractivity contribution is 7.89. The van der Waals surface area contributed by atoms with E-state index in [-0.39, 0.29) is 24.5 Å². The summed E-state index contributed by atoms with van der Waals surface area (Å²) in [4.78, 5) is 13.6. The Kier molecular flexibility index (Phi) is 8.25. The fourth-order valence-electron chi connectivity index (χ4n) is 5.43. The third-order valence-corrected chi connectivity index (χ3v) is 9.38. The van der Waals surface area contributed by atoms with Crippen molar-refractivity contribution in [2.24, 2.45) is 0 Å². The summed E-state index contributed by atoms with van der Waals surface area (Å²) in [6, 6.07) is 7.71. The number of nitrogens with one attached hydrogen (secondary N) is 1. The molecular weight excluding hydrogens is 444 g/mol. The minimum atomic E-state index is -3.82. The van der Waals surface area contributed by atoms with E-state index in [0.29, 0.717) is 4.90 Å². The number of carbonyl (C=O) groups excluding carboxylic acids is 1. The van der Waals surface area contributed by atoms with Crippen LogP contribution < -0.4 is 5.32 Å². The maximum atomic E-state index is 14.0. The van der Waals surface area contributed by atoms with Gasteiger partial charge in [0.1, 0.15) is 0 Å². The normalized spacial score (nSPS) is 16.0. The number of amides is 1. The lowest BCUT2D eigenvalue weighted by Crippen LogP contribution is -2.47. The van der Waals surface area contributed by atoms with E-state index in [2.05, 4.69) is 31.3 Å². The average molecular weight is 485 g/mol. The Morgan fingerprint density at radius 2 is 1.44 bits per heavy atom. The van der Waals surface area contributed by atoms with E-state index in [4.69, 9.17) is 0 Å². The van der Waals surface area contributed by atoms with Crippen LogP contribution in [0.4, 0.5) is 0 Å². The Labute approximate surface area is 206 Å². The van der Waals surface area contributed by atoms with Crippen molar-refractivity contribution in [3.63, 3.8) is 0 Å². The van der Waals surface area contributed by atoms with Crippen LogP contribution in [0.2, 0.25) is 0 Å². The number of hydrogen-bond donors (Lipinski definition) is 1. The third-order valence-electron chi connectivity index (χ3n) is 7.18. The first-order chi connectivity index (χ1) is 15.9. The molecule has 0 heterocycles. The zero-order valence-electron chi connectivity index (χ0n) is 21.8. The first-order valence-corrected chi connectivity index (χ1v) is 13.8. The number of rotatable bonds is 7. The van der Waals surface area contributed by atoms with Crippen molar-refractivity contribution in [3.05, 3.63) is 63.2 Å². The van der Waals surface area contributed by atoms with Gasteiger partial charge in [-0.15, -0.1) is 0 Å². The van der Waals surface area contributed by atoms with Crippen LogP contribution in [0, 0.1) is 41.5 Å². The fraction of sp³-hybridized carbons (Fsp3) is 0.536. The second-order valence-corrected chi connectivity index (χ2v) is 12.0. The summed E-state index contributed by atoms with van der Waals surface area (Å²) in [6.45, 7) is 13.7. The lowest BCUT2D eigenvalue weighted by atomic mass is 9.95. The van der Waals surface area contributed by atoms with Crippen molar-refractivity contribution in [2.75, 3.05) is 6.54 Å².